The molecule has 0 bridgehead atoms. The van der Waals surface area contributed by atoms with E-state index in [0.717, 1.165) is 12.5 Å². The molecule has 0 aromatic heterocycles. The number of nitrogens with one attached hydrogen (secondary N) is 1. The van der Waals surface area contributed by atoms with Gasteiger partial charge in [0.1, 0.15) is 0 Å². The van der Waals surface area contributed by atoms with Gasteiger partial charge in [-0.25, -0.2) is 0 Å². The van der Waals surface area contributed by atoms with Crippen LogP contribution in [-0.2, 0) is 6.54 Å². The molecule has 0 aliphatic heterocycles. The van der Waals surface area contributed by atoms with Gasteiger partial charge in [-0.05, 0) is 69.7 Å². The third-order valence-electron chi connectivity index (χ3n) is 4.08. The van der Waals surface area contributed by atoms with Crippen molar-refractivity contribution in [2.45, 2.75) is 70.4 Å². The molecule has 0 heterocycles. The summed E-state index contributed by atoms with van der Waals surface area (Å²) >= 11 is 2.04. The Morgan fingerprint density at radius 3 is 2.50 bits per heavy atom. The highest BCUT2D eigenvalue weighted by Gasteiger charge is 2.15. The quantitative estimate of drug-likeness (QED) is 0.752. The van der Waals surface area contributed by atoms with Crippen LogP contribution in [0, 0.1) is 12.8 Å². The molecule has 0 spiro atoms. The fourth-order valence-electron chi connectivity index (χ4n) is 2.71. The van der Waals surface area contributed by atoms with E-state index >= 15 is 0 Å². The Morgan fingerprint density at radius 1 is 1.20 bits per heavy atom. The number of thioether (sulfide) groups is 1. The van der Waals surface area contributed by atoms with E-state index in [1.54, 1.807) is 0 Å². The van der Waals surface area contributed by atoms with E-state index in [4.69, 9.17) is 0 Å². The van der Waals surface area contributed by atoms with Crippen LogP contribution in [-0.4, -0.2) is 11.3 Å². The van der Waals surface area contributed by atoms with E-state index in [0.29, 0.717) is 0 Å². The predicted octanol–water partition coefficient (Wildman–Crippen LogP) is 5.17. The zero-order valence-corrected chi connectivity index (χ0v) is 14.3. The smallest absolute Gasteiger partial charge is 0.0212 e. The van der Waals surface area contributed by atoms with E-state index in [2.05, 4.69) is 51.2 Å². The van der Waals surface area contributed by atoms with E-state index in [-0.39, 0.29) is 5.54 Å². The van der Waals surface area contributed by atoms with Gasteiger partial charge in [-0.15, -0.1) is 11.8 Å². The minimum absolute atomic E-state index is 0.183. The zero-order chi connectivity index (χ0) is 14.6. The molecule has 0 atom stereocenters. The molecule has 1 saturated carbocycles. The first-order chi connectivity index (χ1) is 9.44. The number of hydrogen-bond donors (Lipinski definition) is 1. The lowest BCUT2D eigenvalue weighted by atomic mass is 10.1. The molecule has 0 amide bonds. The first-order valence-corrected chi connectivity index (χ1v) is 8.90. The first-order valence-electron chi connectivity index (χ1n) is 7.91. The van der Waals surface area contributed by atoms with E-state index in [9.17, 15) is 0 Å². The predicted molar refractivity (Wildman–Crippen MR) is 90.5 cm³/mol. The monoisotopic (exact) mass is 291 g/mol. The highest BCUT2D eigenvalue weighted by molar-refractivity contribution is 7.99. The summed E-state index contributed by atoms with van der Waals surface area (Å²) in [6.45, 7) is 9.85. The minimum Gasteiger partial charge on any atom is -0.308 e. The molecular weight excluding hydrogens is 262 g/mol. The van der Waals surface area contributed by atoms with Gasteiger partial charge in [-0.1, -0.05) is 18.9 Å². The van der Waals surface area contributed by atoms with Crippen LogP contribution in [0.5, 0.6) is 0 Å². The molecule has 2 rings (SSSR count). The SMILES string of the molecule is Cc1cc(SCC2CCCC2)ccc1CNC(C)(C)C. The van der Waals surface area contributed by atoms with Crippen molar-refractivity contribution in [3.63, 3.8) is 0 Å². The van der Waals surface area contributed by atoms with Gasteiger partial charge in [0.05, 0.1) is 0 Å². The number of benzene rings is 1. The minimum atomic E-state index is 0.183. The van der Waals surface area contributed by atoms with Crippen molar-refractivity contribution in [3.8, 4) is 0 Å². The third kappa shape index (κ3) is 5.14. The molecule has 20 heavy (non-hydrogen) atoms. The third-order valence-corrected chi connectivity index (χ3v) is 5.31. The second kappa shape index (κ2) is 7.00. The zero-order valence-electron chi connectivity index (χ0n) is 13.5. The maximum atomic E-state index is 3.57. The van der Waals surface area contributed by atoms with Crippen molar-refractivity contribution >= 4 is 11.8 Å². The van der Waals surface area contributed by atoms with Gasteiger partial charge in [0.15, 0.2) is 0 Å². The number of hydrogen-bond acceptors (Lipinski definition) is 2. The maximum absolute atomic E-state index is 3.57. The topological polar surface area (TPSA) is 12.0 Å². The van der Waals surface area contributed by atoms with Crippen molar-refractivity contribution in [2.75, 3.05) is 5.75 Å². The van der Waals surface area contributed by atoms with Gasteiger partial charge in [-0.3, -0.25) is 0 Å². The average Bonchev–Trinajstić information content (AvgIpc) is 2.87. The molecule has 2 heteroatoms. The molecule has 0 unspecified atom stereocenters. The molecular formula is C18H29NS. The lowest BCUT2D eigenvalue weighted by Crippen LogP contribution is -2.35. The molecule has 1 aliphatic rings. The first kappa shape index (κ1) is 15.9. The molecule has 112 valence electrons. The largest absolute Gasteiger partial charge is 0.308 e. The highest BCUT2D eigenvalue weighted by Crippen LogP contribution is 2.31. The lowest BCUT2D eigenvalue weighted by molar-refractivity contribution is 0.424. The van der Waals surface area contributed by atoms with Gasteiger partial charge in [-0.2, -0.15) is 0 Å². The molecule has 1 fully saturated rings. The van der Waals surface area contributed by atoms with Gasteiger partial charge in [0, 0.05) is 22.7 Å². The highest BCUT2D eigenvalue weighted by atomic mass is 32.2. The van der Waals surface area contributed by atoms with Crippen LogP contribution in [0.4, 0.5) is 0 Å². The van der Waals surface area contributed by atoms with Crippen LogP contribution in [0.15, 0.2) is 23.1 Å². The Kier molecular flexibility index (Phi) is 5.57. The van der Waals surface area contributed by atoms with Crippen molar-refractivity contribution in [2.24, 2.45) is 5.92 Å². The van der Waals surface area contributed by atoms with Gasteiger partial charge < -0.3 is 5.32 Å². The van der Waals surface area contributed by atoms with Crippen molar-refractivity contribution in [3.05, 3.63) is 29.3 Å². The average molecular weight is 292 g/mol. The van der Waals surface area contributed by atoms with Crippen molar-refractivity contribution < 1.29 is 0 Å². The summed E-state index contributed by atoms with van der Waals surface area (Å²) in [6.07, 6.45) is 5.78. The Hall–Kier alpha value is -0.470. The molecule has 0 radical (unpaired) electrons. The second-order valence-electron chi connectivity index (χ2n) is 7.15. The van der Waals surface area contributed by atoms with Gasteiger partial charge in [0.25, 0.3) is 0 Å². The van der Waals surface area contributed by atoms with Crippen LogP contribution in [0.1, 0.15) is 57.6 Å². The number of aryl methyl sites for hydroxylation is 1. The number of rotatable bonds is 5. The standard InChI is InChI=1S/C18H29NS/c1-14-11-17(20-13-15-7-5-6-8-15)10-9-16(14)12-19-18(2,3)4/h9-11,15,19H,5-8,12-13H2,1-4H3. The summed E-state index contributed by atoms with van der Waals surface area (Å²) in [4.78, 5) is 1.44. The normalized spacial score (nSPS) is 16.8. The summed E-state index contributed by atoms with van der Waals surface area (Å²) in [5.41, 5.74) is 3.02. The fourth-order valence-corrected chi connectivity index (χ4v) is 3.89. The summed E-state index contributed by atoms with van der Waals surface area (Å²) in [5.74, 6) is 2.27. The van der Waals surface area contributed by atoms with Crippen molar-refractivity contribution in [1.82, 2.24) is 5.32 Å². The molecule has 1 aromatic carbocycles. The van der Waals surface area contributed by atoms with Crippen molar-refractivity contribution in [1.29, 1.82) is 0 Å². The van der Waals surface area contributed by atoms with Crippen LogP contribution >= 0.6 is 11.8 Å². The van der Waals surface area contributed by atoms with Crippen LogP contribution in [0.25, 0.3) is 0 Å². The summed E-state index contributed by atoms with van der Waals surface area (Å²) in [7, 11) is 0. The van der Waals surface area contributed by atoms with Crippen LogP contribution < -0.4 is 5.32 Å². The Bertz CT molecular complexity index is 428. The molecule has 1 nitrogen and oxygen atoms in total. The summed E-state index contributed by atoms with van der Waals surface area (Å²) < 4.78 is 0. The summed E-state index contributed by atoms with van der Waals surface area (Å²) in [6, 6.07) is 6.95. The van der Waals surface area contributed by atoms with Gasteiger partial charge in [0.2, 0.25) is 0 Å². The fraction of sp³-hybridized carbons (Fsp3) is 0.667. The van der Waals surface area contributed by atoms with E-state index in [1.165, 1.54) is 47.5 Å². The van der Waals surface area contributed by atoms with E-state index < -0.39 is 0 Å². The van der Waals surface area contributed by atoms with Crippen LogP contribution in [0.3, 0.4) is 0 Å². The molecule has 0 saturated heterocycles. The molecule has 1 aliphatic carbocycles. The second-order valence-corrected chi connectivity index (χ2v) is 8.25. The Morgan fingerprint density at radius 2 is 1.90 bits per heavy atom. The molecule has 1 aromatic rings. The van der Waals surface area contributed by atoms with Crippen LogP contribution in [0.2, 0.25) is 0 Å². The Balaban J connectivity index is 1.88. The van der Waals surface area contributed by atoms with E-state index in [1.807, 2.05) is 11.8 Å². The lowest BCUT2D eigenvalue weighted by Gasteiger charge is -2.21. The summed E-state index contributed by atoms with van der Waals surface area (Å²) in [5, 5.41) is 3.57. The van der Waals surface area contributed by atoms with Gasteiger partial charge >= 0.3 is 0 Å². The maximum Gasteiger partial charge on any atom is 0.0212 e. The molecule has 1 N–H and O–H groups in total. The Labute approximate surface area is 128 Å².